The van der Waals surface area contributed by atoms with E-state index in [0.717, 1.165) is 33.2 Å². The standard InChI is InChI=1S/C32H27N3O6/c1-2-21-7-4-6-10-26(21)33-29(36)18-35-30(37)27(34-32(35)40)17-25-24-9-5-3-8-22(24)15-16-28(25)41-19-20-11-13-23(14-12-20)31(38)39/h3-17H,2,18-19H2,1H3,(H,33,36)(H,34,40)(H,38,39)/b27-17+. The minimum Gasteiger partial charge on any atom is -0.488 e. The third kappa shape index (κ3) is 5.94. The summed E-state index contributed by atoms with van der Waals surface area (Å²) in [4.78, 5) is 50.7. The van der Waals surface area contributed by atoms with E-state index < -0.39 is 30.4 Å². The second-order valence-corrected chi connectivity index (χ2v) is 9.43. The number of aryl methyl sites for hydroxylation is 1. The molecule has 4 aromatic rings. The van der Waals surface area contributed by atoms with Crippen molar-refractivity contribution in [1.29, 1.82) is 0 Å². The van der Waals surface area contributed by atoms with Crippen LogP contribution < -0.4 is 15.4 Å². The molecular formula is C32H27N3O6. The van der Waals surface area contributed by atoms with E-state index in [9.17, 15) is 19.2 Å². The van der Waals surface area contributed by atoms with Crippen molar-refractivity contribution in [2.45, 2.75) is 20.0 Å². The van der Waals surface area contributed by atoms with E-state index in [0.29, 0.717) is 17.0 Å². The van der Waals surface area contributed by atoms with Crippen molar-refractivity contribution in [3.8, 4) is 5.75 Å². The van der Waals surface area contributed by atoms with Crippen LogP contribution in [0.2, 0.25) is 0 Å². The fraction of sp³-hybridized carbons (Fsp3) is 0.125. The van der Waals surface area contributed by atoms with Gasteiger partial charge in [0.05, 0.1) is 5.56 Å². The van der Waals surface area contributed by atoms with Gasteiger partial charge in [-0.1, -0.05) is 67.6 Å². The van der Waals surface area contributed by atoms with Gasteiger partial charge in [-0.15, -0.1) is 0 Å². The van der Waals surface area contributed by atoms with Crippen LogP contribution in [-0.4, -0.2) is 40.4 Å². The molecule has 9 nitrogen and oxygen atoms in total. The lowest BCUT2D eigenvalue weighted by molar-refractivity contribution is -0.127. The minimum atomic E-state index is -1.01. The summed E-state index contributed by atoms with van der Waals surface area (Å²) in [6.07, 6.45) is 2.27. The number of carboxylic acid groups (broad SMARTS) is 1. The SMILES string of the molecule is CCc1ccccc1NC(=O)CN1C(=O)N/C(=C/c2c(OCc3ccc(C(=O)O)cc3)ccc3ccccc23)C1=O. The first-order valence-corrected chi connectivity index (χ1v) is 13.0. The number of fused-ring (bicyclic) bond motifs is 1. The minimum absolute atomic E-state index is 0.0174. The molecule has 4 aromatic carbocycles. The highest BCUT2D eigenvalue weighted by Crippen LogP contribution is 2.31. The number of aromatic carboxylic acids is 1. The van der Waals surface area contributed by atoms with E-state index in [-0.39, 0.29) is 17.9 Å². The van der Waals surface area contributed by atoms with Crippen molar-refractivity contribution < 1.29 is 29.0 Å². The maximum atomic E-state index is 13.3. The van der Waals surface area contributed by atoms with Gasteiger partial charge in [0.2, 0.25) is 5.91 Å². The molecule has 1 saturated heterocycles. The Morgan fingerprint density at radius 3 is 2.44 bits per heavy atom. The van der Waals surface area contributed by atoms with Gasteiger partial charge in [-0.05, 0) is 58.7 Å². The average molecular weight is 550 g/mol. The first-order valence-electron chi connectivity index (χ1n) is 13.0. The van der Waals surface area contributed by atoms with Gasteiger partial charge in [0.1, 0.15) is 24.6 Å². The van der Waals surface area contributed by atoms with Crippen LogP contribution in [0.25, 0.3) is 16.8 Å². The highest BCUT2D eigenvalue weighted by molar-refractivity contribution is 6.16. The molecule has 0 aliphatic carbocycles. The van der Waals surface area contributed by atoms with E-state index >= 15 is 0 Å². The fourth-order valence-electron chi connectivity index (χ4n) is 4.60. The highest BCUT2D eigenvalue weighted by atomic mass is 16.5. The molecule has 9 heteroatoms. The number of carboxylic acids is 1. The number of imide groups is 1. The lowest BCUT2D eigenvalue weighted by Crippen LogP contribution is -2.38. The van der Waals surface area contributed by atoms with Gasteiger partial charge in [-0.2, -0.15) is 0 Å². The van der Waals surface area contributed by atoms with Gasteiger partial charge in [0.25, 0.3) is 5.91 Å². The molecule has 0 bridgehead atoms. The van der Waals surface area contributed by atoms with Crippen LogP contribution in [0.5, 0.6) is 5.75 Å². The number of amides is 4. The smallest absolute Gasteiger partial charge is 0.335 e. The molecule has 0 spiro atoms. The van der Waals surface area contributed by atoms with Crippen LogP contribution in [0.1, 0.15) is 34.0 Å². The van der Waals surface area contributed by atoms with Crippen molar-refractivity contribution in [2.75, 3.05) is 11.9 Å². The number of hydrogen-bond acceptors (Lipinski definition) is 5. The number of urea groups is 1. The molecule has 0 radical (unpaired) electrons. The molecule has 5 rings (SSSR count). The van der Waals surface area contributed by atoms with Gasteiger partial charge in [0, 0.05) is 11.3 Å². The second kappa shape index (κ2) is 11.7. The number of hydrogen-bond donors (Lipinski definition) is 3. The normalized spacial score (nSPS) is 13.9. The van der Waals surface area contributed by atoms with Crippen LogP contribution in [0.15, 0.2) is 90.6 Å². The maximum absolute atomic E-state index is 13.3. The summed E-state index contributed by atoms with van der Waals surface area (Å²) in [5, 5.41) is 16.2. The zero-order valence-electron chi connectivity index (χ0n) is 22.2. The van der Waals surface area contributed by atoms with Crippen LogP contribution in [0.3, 0.4) is 0 Å². The summed E-state index contributed by atoms with van der Waals surface area (Å²) in [5.74, 6) is -1.66. The number of para-hydroxylation sites is 1. The molecule has 1 aliphatic heterocycles. The Bertz CT molecular complexity index is 1690. The Morgan fingerprint density at radius 2 is 1.68 bits per heavy atom. The fourth-order valence-corrected chi connectivity index (χ4v) is 4.60. The largest absolute Gasteiger partial charge is 0.488 e. The molecule has 1 heterocycles. The van der Waals surface area contributed by atoms with E-state index in [1.54, 1.807) is 36.4 Å². The Kier molecular flexibility index (Phi) is 7.78. The molecule has 3 N–H and O–H groups in total. The quantitative estimate of drug-likeness (QED) is 0.194. The summed E-state index contributed by atoms with van der Waals surface area (Å²) >= 11 is 0. The van der Waals surface area contributed by atoms with Gasteiger partial charge in [-0.25, -0.2) is 14.5 Å². The van der Waals surface area contributed by atoms with Gasteiger partial charge >= 0.3 is 12.0 Å². The van der Waals surface area contributed by atoms with Gasteiger partial charge in [-0.3, -0.25) is 9.59 Å². The molecule has 1 aliphatic rings. The first kappa shape index (κ1) is 27.1. The molecule has 41 heavy (non-hydrogen) atoms. The number of benzene rings is 4. The van der Waals surface area contributed by atoms with Crippen molar-refractivity contribution >= 4 is 46.4 Å². The predicted molar refractivity (Wildman–Crippen MR) is 154 cm³/mol. The van der Waals surface area contributed by atoms with Gasteiger partial charge < -0.3 is 20.5 Å². The summed E-state index contributed by atoms with van der Waals surface area (Å²) in [5.41, 5.74) is 3.11. The summed E-state index contributed by atoms with van der Waals surface area (Å²) in [7, 11) is 0. The summed E-state index contributed by atoms with van der Waals surface area (Å²) < 4.78 is 6.09. The number of ether oxygens (including phenoxy) is 1. The van der Waals surface area contributed by atoms with Crippen LogP contribution in [0.4, 0.5) is 10.5 Å². The zero-order chi connectivity index (χ0) is 28.9. The van der Waals surface area contributed by atoms with Crippen molar-refractivity contribution in [3.05, 3.63) is 113 Å². The van der Waals surface area contributed by atoms with E-state index in [1.807, 2.05) is 49.4 Å². The number of carbonyl (C=O) groups excluding carboxylic acids is 3. The number of nitrogens with one attached hydrogen (secondary N) is 2. The average Bonchev–Trinajstić information content (AvgIpc) is 3.24. The van der Waals surface area contributed by atoms with E-state index in [1.165, 1.54) is 12.1 Å². The highest BCUT2D eigenvalue weighted by Gasteiger charge is 2.35. The van der Waals surface area contributed by atoms with E-state index in [4.69, 9.17) is 9.84 Å². The number of rotatable bonds is 9. The number of anilines is 1. The molecule has 0 aromatic heterocycles. The predicted octanol–water partition coefficient (Wildman–Crippen LogP) is 5.21. The van der Waals surface area contributed by atoms with Crippen molar-refractivity contribution in [1.82, 2.24) is 10.2 Å². The Morgan fingerprint density at radius 1 is 0.951 bits per heavy atom. The molecule has 1 fully saturated rings. The van der Waals surface area contributed by atoms with Gasteiger partial charge in [0.15, 0.2) is 0 Å². The summed E-state index contributed by atoms with van der Waals surface area (Å²) in [6.45, 7) is 1.69. The van der Waals surface area contributed by atoms with Crippen molar-refractivity contribution in [2.24, 2.45) is 0 Å². The third-order valence-electron chi connectivity index (χ3n) is 6.75. The van der Waals surface area contributed by atoms with E-state index in [2.05, 4.69) is 10.6 Å². The second-order valence-electron chi connectivity index (χ2n) is 9.43. The Labute approximate surface area is 236 Å². The molecule has 0 saturated carbocycles. The van der Waals surface area contributed by atoms with Crippen LogP contribution >= 0.6 is 0 Å². The van der Waals surface area contributed by atoms with Crippen LogP contribution in [0, 0.1) is 0 Å². The molecule has 0 unspecified atom stereocenters. The lowest BCUT2D eigenvalue weighted by atomic mass is 10.0. The lowest BCUT2D eigenvalue weighted by Gasteiger charge is -2.14. The maximum Gasteiger partial charge on any atom is 0.335 e. The van der Waals surface area contributed by atoms with Crippen LogP contribution in [-0.2, 0) is 22.6 Å². The number of carbonyl (C=O) groups is 4. The molecule has 0 atom stereocenters. The Hall–Kier alpha value is -5.44. The monoisotopic (exact) mass is 549 g/mol. The zero-order valence-corrected chi connectivity index (χ0v) is 22.2. The third-order valence-corrected chi connectivity index (χ3v) is 6.75. The molecule has 206 valence electrons. The topological polar surface area (TPSA) is 125 Å². The summed E-state index contributed by atoms with van der Waals surface area (Å²) in [6, 6.07) is 24.2. The first-order chi connectivity index (χ1) is 19.8. The molecule has 4 amide bonds. The van der Waals surface area contributed by atoms with Crippen molar-refractivity contribution in [3.63, 3.8) is 0 Å². The molecular weight excluding hydrogens is 522 g/mol. The number of nitrogens with zero attached hydrogens (tertiary/aromatic N) is 1. The Balaban J connectivity index is 1.38.